The van der Waals surface area contributed by atoms with Crippen LogP contribution in [0, 0.1) is 17.7 Å². The van der Waals surface area contributed by atoms with Gasteiger partial charge in [-0.25, -0.2) is 4.39 Å². The summed E-state index contributed by atoms with van der Waals surface area (Å²) in [5, 5.41) is 9.16. The minimum atomic E-state index is -0.870. The van der Waals surface area contributed by atoms with Crippen LogP contribution >= 0.6 is 0 Å². The number of hydrogen-bond acceptors (Lipinski definition) is 3. The number of hydrogen-bond donors (Lipinski definition) is 1. The third-order valence-electron chi connectivity index (χ3n) is 5.23. The van der Waals surface area contributed by atoms with Crippen molar-refractivity contribution in [2.24, 2.45) is 11.8 Å². The molecule has 7 heteroatoms. The number of halogens is 1. The summed E-state index contributed by atoms with van der Waals surface area (Å²) in [4.78, 5) is 39.3. The average molecular weight is 362 g/mol. The van der Waals surface area contributed by atoms with Gasteiger partial charge < -0.3 is 14.9 Å². The van der Waals surface area contributed by atoms with Crippen LogP contribution in [0.2, 0.25) is 0 Å². The summed E-state index contributed by atoms with van der Waals surface area (Å²) in [6, 6.07) is 6.17. The van der Waals surface area contributed by atoms with Gasteiger partial charge in [-0.1, -0.05) is 12.1 Å². The summed E-state index contributed by atoms with van der Waals surface area (Å²) in [5.74, 6) is -2.25. The van der Waals surface area contributed by atoms with Crippen molar-refractivity contribution in [1.29, 1.82) is 0 Å². The summed E-state index contributed by atoms with van der Waals surface area (Å²) in [6.07, 6.45) is 2.05. The minimum absolute atomic E-state index is 0.0581. The number of aliphatic carboxylic acids is 1. The van der Waals surface area contributed by atoms with Gasteiger partial charge in [0.25, 0.3) is 0 Å². The van der Waals surface area contributed by atoms with Gasteiger partial charge >= 0.3 is 5.97 Å². The molecule has 2 fully saturated rings. The minimum Gasteiger partial charge on any atom is -0.481 e. The summed E-state index contributed by atoms with van der Waals surface area (Å²) in [5.41, 5.74) is 0.939. The topological polar surface area (TPSA) is 77.9 Å². The molecule has 0 unspecified atom stereocenters. The lowest BCUT2D eigenvalue weighted by atomic mass is 9.96. The number of rotatable bonds is 5. The Morgan fingerprint density at radius 2 is 1.88 bits per heavy atom. The molecule has 2 heterocycles. The number of piperidine rings is 1. The monoisotopic (exact) mass is 362 g/mol. The number of carboxylic acid groups (broad SMARTS) is 1. The molecule has 1 aromatic rings. The number of amides is 2. The largest absolute Gasteiger partial charge is 0.481 e. The zero-order valence-corrected chi connectivity index (χ0v) is 14.6. The molecule has 1 aromatic carbocycles. The van der Waals surface area contributed by atoms with E-state index in [1.165, 1.54) is 12.1 Å². The number of nitrogens with zero attached hydrogens (tertiary/aromatic N) is 2. The lowest BCUT2D eigenvalue weighted by Gasteiger charge is -2.32. The summed E-state index contributed by atoms with van der Waals surface area (Å²) >= 11 is 0. The van der Waals surface area contributed by atoms with Crippen molar-refractivity contribution in [3.8, 4) is 0 Å². The molecule has 0 aliphatic carbocycles. The van der Waals surface area contributed by atoms with E-state index in [0.29, 0.717) is 38.9 Å². The van der Waals surface area contributed by atoms with Crippen LogP contribution in [0.4, 0.5) is 4.39 Å². The van der Waals surface area contributed by atoms with E-state index in [1.807, 2.05) is 0 Å². The molecule has 0 aromatic heterocycles. The van der Waals surface area contributed by atoms with Gasteiger partial charge in [0.05, 0.1) is 11.8 Å². The van der Waals surface area contributed by atoms with Crippen molar-refractivity contribution >= 4 is 17.8 Å². The summed E-state index contributed by atoms with van der Waals surface area (Å²) < 4.78 is 12.9. The first-order valence-corrected chi connectivity index (χ1v) is 8.98. The molecule has 26 heavy (non-hydrogen) atoms. The quantitative estimate of drug-likeness (QED) is 0.862. The second-order valence-corrected chi connectivity index (χ2v) is 7.08. The normalized spacial score (nSPS) is 23.3. The average Bonchev–Trinajstić information content (AvgIpc) is 3.01. The SMILES string of the molecule is O=C(O)[C@H]1CCCN(C(=O)[C@@H]2CC(=O)N(CCc3ccc(F)cc3)C2)C1. The molecule has 0 saturated carbocycles. The Labute approximate surface area is 151 Å². The standard InChI is InChI=1S/C19H23FN2O4/c20-16-5-3-13(4-6-16)7-9-21-12-15(10-17(21)23)18(24)22-8-1-2-14(11-22)19(25)26/h3-6,14-15H,1-2,7-12H2,(H,25,26)/t14-,15+/m0/s1. The van der Waals surface area contributed by atoms with Crippen LogP contribution in [0.5, 0.6) is 0 Å². The van der Waals surface area contributed by atoms with Crippen molar-refractivity contribution in [2.75, 3.05) is 26.2 Å². The first-order chi connectivity index (χ1) is 12.4. The van der Waals surface area contributed by atoms with Crippen molar-refractivity contribution < 1.29 is 23.9 Å². The van der Waals surface area contributed by atoms with Gasteiger partial charge in [-0.2, -0.15) is 0 Å². The van der Waals surface area contributed by atoms with E-state index in [-0.39, 0.29) is 30.6 Å². The molecule has 3 rings (SSSR count). The molecule has 2 saturated heterocycles. The van der Waals surface area contributed by atoms with Gasteiger partial charge in [0.2, 0.25) is 11.8 Å². The third kappa shape index (κ3) is 4.20. The molecule has 0 radical (unpaired) electrons. The van der Waals surface area contributed by atoms with Crippen molar-refractivity contribution in [3.63, 3.8) is 0 Å². The number of carbonyl (C=O) groups excluding carboxylic acids is 2. The fourth-order valence-corrected chi connectivity index (χ4v) is 3.71. The Morgan fingerprint density at radius 1 is 1.15 bits per heavy atom. The maximum absolute atomic E-state index is 12.9. The van der Waals surface area contributed by atoms with E-state index < -0.39 is 17.8 Å². The Hall–Kier alpha value is -2.44. The second-order valence-electron chi connectivity index (χ2n) is 7.08. The Morgan fingerprint density at radius 3 is 2.58 bits per heavy atom. The second kappa shape index (κ2) is 7.85. The van der Waals surface area contributed by atoms with E-state index in [2.05, 4.69) is 0 Å². The fourth-order valence-electron chi connectivity index (χ4n) is 3.71. The molecule has 1 N–H and O–H groups in total. The fraction of sp³-hybridized carbons (Fsp3) is 0.526. The zero-order chi connectivity index (χ0) is 18.7. The molecule has 2 amide bonds. The first kappa shape index (κ1) is 18.4. The summed E-state index contributed by atoms with van der Waals surface area (Å²) in [7, 11) is 0. The molecule has 6 nitrogen and oxygen atoms in total. The summed E-state index contributed by atoms with van der Waals surface area (Å²) in [6.45, 7) is 1.65. The lowest BCUT2D eigenvalue weighted by molar-refractivity contribution is -0.146. The highest BCUT2D eigenvalue weighted by Gasteiger charge is 2.38. The molecular weight excluding hydrogens is 339 g/mol. The van der Waals surface area contributed by atoms with Crippen LogP contribution in [0.25, 0.3) is 0 Å². The number of likely N-dealkylation sites (tertiary alicyclic amines) is 2. The highest BCUT2D eigenvalue weighted by atomic mass is 19.1. The molecule has 2 aliphatic heterocycles. The number of benzene rings is 1. The van der Waals surface area contributed by atoms with E-state index in [4.69, 9.17) is 5.11 Å². The molecule has 2 atom stereocenters. The van der Waals surface area contributed by atoms with Gasteiger partial charge in [0, 0.05) is 32.6 Å². The maximum Gasteiger partial charge on any atom is 0.308 e. The highest BCUT2D eigenvalue weighted by molar-refractivity contribution is 5.89. The zero-order valence-electron chi connectivity index (χ0n) is 14.6. The van der Waals surface area contributed by atoms with E-state index >= 15 is 0 Å². The van der Waals surface area contributed by atoms with Gasteiger partial charge in [0.15, 0.2) is 0 Å². The Bertz CT molecular complexity index is 691. The molecule has 2 aliphatic rings. The van der Waals surface area contributed by atoms with Gasteiger partial charge in [-0.15, -0.1) is 0 Å². The highest BCUT2D eigenvalue weighted by Crippen LogP contribution is 2.24. The van der Waals surface area contributed by atoms with Crippen molar-refractivity contribution in [1.82, 2.24) is 9.80 Å². The van der Waals surface area contributed by atoms with Crippen LogP contribution in [-0.2, 0) is 20.8 Å². The lowest BCUT2D eigenvalue weighted by Crippen LogP contribution is -2.45. The molecule has 140 valence electrons. The predicted octanol–water partition coefficient (Wildman–Crippen LogP) is 1.54. The molecular formula is C19H23FN2O4. The van der Waals surface area contributed by atoms with Crippen LogP contribution in [0.3, 0.4) is 0 Å². The van der Waals surface area contributed by atoms with Gasteiger partial charge in [-0.05, 0) is 37.0 Å². The molecule has 0 bridgehead atoms. The molecule has 0 spiro atoms. The number of carbonyl (C=O) groups is 3. The first-order valence-electron chi connectivity index (χ1n) is 8.98. The van der Waals surface area contributed by atoms with Crippen LogP contribution in [-0.4, -0.2) is 58.9 Å². The Kier molecular flexibility index (Phi) is 5.54. The van der Waals surface area contributed by atoms with Crippen molar-refractivity contribution in [2.45, 2.75) is 25.7 Å². The van der Waals surface area contributed by atoms with Gasteiger partial charge in [-0.3, -0.25) is 14.4 Å². The maximum atomic E-state index is 12.9. The Balaban J connectivity index is 1.54. The van der Waals surface area contributed by atoms with E-state index in [1.54, 1.807) is 21.9 Å². The van der Waals surface area contributed by atoms with E-state index in [0.717, 1.165) is 5.56 Å². The smallest absolute Gasteiger partial charge is 0.308 e. The van der Waals surface area contributed by atoms with Crippen molar-refractivity contribution in [3.05, 3.63) is 35.6 Å². The predicted molar refractivity (Wildman–Crippen MR) is 91.7 cm³/mol. The van der Waals surface area contributed by atoms with Crippen LogP contribution in [0.15, 0.2) is 24.3 Å². The number of carboxylic acids is 1. The van der Waals surface area contributed by atoms with E-state index in [9.17, 15) is 18.8 Å². The van der Waals surface area contributed by atoms with Crippen LogP contribution < -0.4 is 0 Å². The third-order valence-corrected chi connectivity index (χ3v) is 5.23. The van der Waals surface area contributed by atoms with Gasteiger partial charge in [0.1, 0.15) is 5.82 Å². The van der Waals surface area contributed by atoms with Crippen LogP contribution in [0.1, 0.15) is 24.8 Å².